The molecule has 1 aliphatic rings. The Morgan fingerprint density at radius 3 is 2.55 bits per heavy atom. The van der Waals surface area contributed by atoms with Crippen LogP contribution in [0.2, 0.25) is 0 Å². The maximum atomic E-state index is 13.0. The lowest BCUT2D eigenvalue weighted by Gasteiger charge is -2.25. The molecule has 1 unspecified atom stereocenters. The molecule has 0 aromatic heterocycles. The van der Waals surface area contributed by atoms with E-state index in [1.807, 2.05) is 39.0 Å². The molecule has 0 saturated carbocycles. The zero-order valence-corrected chi connectivity index (χ0v) is 18.2. The van der Waals surface area contributed by atoms with E-state index in [4.69, 9.17) is 9.84 Å². The molecule has 1 amide bonds. The number of rotatable bonds is 8. The van der Waals surface area contributed by atoms with Crippen molar-refractivity contribution in [3.8, 4) is 5.75 Å². The molecule has 1 saturated heterocycles. The SMILES string of the molecule is CCCN1C(=O)C(=O)/C(=C(\O)c2ccc(C)c(C)c2)C1c1cccc(OCCCO)c1. The second-order valence-corrected chi connectivity index (χ2v) is 7.79. The Morgan fingerprint density at radius 2 is 1.87 bits per heavy atom. The minimum absolute atomic E-state index is 0.0340. The van der Waals surface area contributed by atoms with Gasteiger partial charge in [0.2, 0.25) is 0 Å². The molecule has 0 radical (unpaired) electrons. The highest BCUT2D eigenvalue weighted by Crippen LogP contribution is 2.40. The fraction of sp³-hybridized carbons (Fsp3) is 0.360. The predicted molar refractivity (Wildman–Crippen MR) is 119 cm³/mol. The minimum Gasteiger partial charge on any atom is -0.507 e. The number of carbonyl (C=O) groups is 2. The number of benzene rings is 2. The van der Waals surface area contributed by atoms with Gasteiger partial charge in [0.05, 0.1) is 18.2 Å². The number of carbonyl (C=O) groups excluding carboxylic acids is 2. The lowest BCUT2D eigenvalue weighted by Crippen LogP contribution is -2.30. The lowest BCUT2D eigenvalue weighted by atomic mass is 9.94. The smallest absolute Gasteiger partial charge is 0.295 e. The van der Waals surface area contributed by atoms with Crippen LogP contribution in [0.5, 0.6) is 5.75 Å². The summed E-state index contributed by atoms with van der Waals surface area (Å²) in [6.07, 6.45) is 1.19. The Balaban J connectivity index is 2.10. The molecule has 1 atom stereocenters. The molecule has 0 aliphatic carbocycles. The fourth-order valence-corrected chi connectivity index (χ4v) is 3.77. The molecule has 0 spiro atoms. The number of aliphatic hydroxyl groups excluding tert-OH is 2. The zero-order valence-electron chi connectivity index (χ0n) is 18.2. The van der Waals surface area contributed by atoms with Gasteiger partial charge in [0, 0.05) is 25.1 Å². The Morgan fingerprint density at radius 1 is 1.10 bits per heavy atom. The number of hydrogen-bond acceptors (Lipinski definition) is 5. The molecule has 164 valence electrons. The van der Waals surface area contributed by atoms with Gasteiger partial charge < -0.3 is 19.8 Å². The summed E-state index contributed by atoms with van der Waals surface area (Å²) in [5, 5.41) is 20.1. The van der Waals surface area contributed by atoms with E-state index in [9.17, 15) is 14.7 Å². The van der Waals surface area contributed by atoms with Crippen LogP contribution >= 0.6 is 0 Å². The first kappa shape index (κ1) is 22.6. The van der Waals surface area contributed by atoms with Gasteiger partial charge in [-0.15, -0.1) is 0 Å². The van der Waals surface area contributed by atoms with Gasteiger partial charge in [0.25, 0.3) is 11.7 Å². The van der Waals surface area contributed by atoms with Gasteiger partial charge in [-0.05, 0) is 55.2 Å². The van der Waals surface area contributed by atoms with Gasteiger partial charge in [-0.2, -0.15) is 0 Å². The van der Waals surface area contributed by atoms with Gasteiger partial charge >= 0.3 is 0 Å². The summed E-state index contributed by atoms with van der Waals surface area (Å²) in [7, 11) is 0. The topological polar surface area (TPSA) is 87.1 Å². The van der Waals surface area contributed by atoms with E-state index in [1.165, 1.54) is 4.90 Å². The number of aryl methyl sites for hydroxylation is 2. The van der Waals surface area contributed by atoms with E-state index in [1.54, 1.807) is 24.3 Å². The first-order valence-corrected chi connectivity index (χ1v) is 10.6. The molecule has 31 heavy (non-hydrogen) atoms. The second kappa shape index (κ2) is 9.79. The highest BCUT2D eigenvalue weighted by atomic mass is 16.5. The quantitative estimate of drug-likeness (QED) is 0.291. The third-order valence-electron chi connectivity index (χ3n) is 5.53. The summed E-state index contributed by atoms with van der Waals surface area (Å²) < 4.78 is 5.68. The summed E-state index contributed by atoms with van der Waals surface area (Å²) in [5.41, 5.74) is 3.36. The molecule has 6 nitrogen and oxygen atoms in total. The van der Waals surface area contributed by atoms with Crippen LogP contribution in [0.3, 0.4) is 0 Å². The standard InChI is InChI=1S/C25H29NO5/c1-4-11-26-22(18-7-5-8-20(15-18)31-13-6-12-27)21(24(29)25(26)30)23(28)19-10-9-16(2)17(3)14-19/h5,7-10,14-15,22,27-28H,4,6,11-13H2,1-3H3/b23-21-. The average molecular weight is 424 g/mol. The lowest BCUT2D eigenvalue weighted by molar-refractivity contribution is -0.139. The maximum absolute atomic E-state index is 13.0. The summed E-state index contributed by atoms with van der Waals surface area (Å²) in [4.78, 5) is 27.3. The molecule has 2 aromatic rings. The van der Waals surface area contributed by atoms with E-state index >= 15 is 0 Å². The van der Waals surface area contributed by atoms with E-state index in [-0.39, 0.29) is 17.9 Å². The highest BCUT2D eigenvalue weighted by Gasteiger charge is 2.45. The predicted octanol–water partition coefficient (Wildman–Crippen LogP) is 3.90. The first-order chi connectivity index (χ1) is 14.9. The van der Waals surface area contributed by atoms with Crippen LogP contribution in [0.15, 0.2) is 48.0 Å². The Hall–Kier alpha value is -3.12. The van der Waals surface area contributed by atoms with Gasteiger partial charge in [0.1, 0.15) is 11.5 Å². The van der Waals surface area contributed by atoms with Crippen molar-refractivity contribution < 1.29 is 24.5 Å². The Bertz CT molecular complexity index is 1010. The van der Waals surface area contributed by atoms with Crippen molar-refractivity contribution in [1.29, 1.82) is 0 Å². The molecule has 2 N–H and O–H groups in total. The fourth-order valence-electron chi connectivity index (χ4n) is 3.77. The molecular weight excluding hydrogens is 394 g/mol. The van der Waals surface area contributed by atoms with Crippen molar-refractivity contribution in [1.82, 2.24) is 4.90 Å². The van der Waals surface area contributed by atoms with Crippen LogP contribution in [0.25, 0.3) is 5.76 Å². The van der Waals surface area contributed by atoms with Gasteiger partial charge in [-0.1, -0.05) is 31.2 Å². The maximum Gasteiger partial charge on any atom is 0.295 e. The molecule has 0 bridgehead atoms. The van der Waals surface area contributed by atoms with Crippen LogP contribution < -0.4 is 4.74 Å². The number of ketones is 1. The van der Waals surface area contributed by atoms with E-state index < -0.39 is 17.7 Å². The molecule has 2 aromatic carbocycles. The van der Waals surface area contributed by atoms with Crippen LogP contribution in [-0.4, -0.2) is 46.6 Å². The third kappa shape index (κ3) is 4.64. The highest BCUT2D eigenvalue weighted by molar-refractivity contribution is 6.46. The van der Waals surface area contributed by atoms with Crippen LogP contribution in [0, 0.1) is 13.8 Å². The zero-order chi connectivity index (χ0) is 22.5. The number of likely N-dealkylation sites (tertiary alicyclic amines) is 1. The normalized spacial score (nSPS) is 17.9. The Kier molecular flexibility index (Phi) is 7.13. The Labute approximate surface area is 182 Å². The third-order valence-corrected chi connectivity index (χ3v) is 5.53. The van der Waals surface area contributed by atoms with Crippen LogP contribution in [-0.2, 0) is 9.59 Å². The number of amides is 1. The van der Waals surface area contributed by atoms with E-state index in [0.29, 0.717) is 42.9 Å². The van der Waals surface area contributed by atoms with Crippen LogP contribution in [0.4, 0.5) is 0 Å². The van der Waals surface area contributed by atoms with Crippen molar-refractivity contribution >= 4 is 17.4 Å². The molecule has 1 aliphatic heterocycles. The summed E-state index contributed by atoms with van der Waals surface area (Å²) in [5.74, 6) is -0.875. The van der Waals surface area contributed by atoms with E-state index in [2.05, 4.69) is 0 Å². The van der Waals surface area contributed by atoms with Crippen molar-refractivity contribution in [2.45, 2.75) is 39.7 Å². The number of hydrogen-bond donors (Lipinski definition) is 2. The molecule has 1 fully saturated rings. The number of nitrogens with zero attached hydrogens (tertiary/aromatic N) is 1. The van der Waals surface area contributed by atoms with Crippen molar-refractivity contribution in [3.05, 3.63) is 70.3 Å². The van der Waals surface area contributed by atoms with Crippen LogP contribution in [0.1, 0.15) is 48.1 Å². The summed E-state index contributed by atoms with van der Waals surface area (Å²) in [6, 6.07) is 12.0. The van der Waals surface area contributed by atoms with Crippen molar-refractivity contribution in [3.63, 3.8) is 0 Å². The number of ether oxygens (including phenoxy) is 1. The first-order valence-electron chi connectivity index (χ1n) is 10.6. The summed E-state index contributed by atoms with van der Waals surface area (Å²) >= 11 is 0. The largest absolute Gasteiger partial charge is 0.507 e. The molecular formula is C25H29NO5. The van der Waals surface area contributed by atoms with E-state index in [0.717, 1.165) is 11.1 Å². The average Bonchev–Trinajstić information content (AvgIpc) is 3.01. The summed E-state index contributed by atoms with van der Waals surface area (Å²) in [6.45, 7) is 6.64. The van der Waals surface area contributed by atoms with Gasteiger partial charge in [0.15, 0.2) is 0 Å². The monoisotopic (exact) mass is 423 g/mol. The molecule has 3 rings (SSSR count). The second-order valence-electron chi connectivity index (χ2n) is 7.79. The van der Waals surface area contributed by atoms with Crippen molar-refractivity contribution in [2.75, 3.05) is 19.8 Å². The minimum atomic E-state index is -0.692. The number of aliphatic hydroxyl groups is 2. The number of Topliss-reactive ketones (excluding diaryl/α,β-unsaturated/α-hetero) is 1. The molecule has 1 heterocycles. The van der Waals surface area contributed by atoms with Gasteiger partial charge in [-0.25, -0.2) is 0 Å². The van der Waals surface area contributed by atoms with Gasteiger partial charge in [-0.3, -0.25) is 9.59 Å². The molecule has 6 heteroatoms. The van der Waals surface area contributed by atoms with Crippen molar-refractivity contribution in [2.24, 2.45) is 0 Å².